The summed E-state index contributed by atoms with van der Waals surface area (Å²) < 4.78 is 0. The summed E-state index contributed by atoms with van der Waals surface area (Å²) in [6.07, 6.45) is 0. The number of nitrogens with zero attached hydrogens (tertiary/aromatic N) is 1. The van der Waals surface area contributed by atoms with Crippen LogP contribution >= 0.6 is 0 Å². The molecule has 0 spiro atoms. The number of carbonyl (C=O) groups is 2. The van der Waals surface area contributed by atoms with Crippen LogP contribution in [0, 0.1) is 5.92 Å². The van der Waals surface area contributed by atoms with Gasteiger partial charge in [-0.25, -0.2) is 4.98 Å². The minimum absolute atomic E-state index is 0.00173. The summed E-state index contributed by atoms with van der Waals surface area (Å²) in [5, 5.41) is 5.39. The highest BCUT2D eigenvalue weighted by atomic mass is 16.2. The molecule has 27 heavy (non-hydrogen) atoms. The van der Waals surface area contributed by atoms with Crippen LogP contribution in [0.4, 0.5) is 5.69 Å². The second-order valence-corrected chi connectivity index (χ2v) is 6.68. The molecule has 5 N–H and O–H groups in total. The molecule has 0 saturated heterocycles. The Bertz CT molecular complexity index is 931. The molecule has 0 unspecified atom stereocenters. The lowest BCUT2D eigenvalue weighted by Gasteiger charge is -2.15. The van der Waals surface area contributed by atoms with E-state index in [-0.39, 0.29) is 24.3 Å². The first-order valence-corrected chi connectivity index (χ1v) is 8.83. The average molecular weight is 365 g/mol. The molecule has 2 aromatic carbocycles. The van der Waals surface area contributed by atoms with Gasteiger partial charge in [0.2, 0.25) is 11.8 Å². The normalized spacial score (nSPS) is 12.1. The quantitative estimate of drug-likeness (QED) is 0.537. The molecule has 1 heterocycles. The van der Waals surface area contributed by atoms with Crippen LogP contribution in [-0.4, -0.2) is 34.4 Å². The van der Waals surface area contributed by atoms with Gasteiger partial charge in [-0.2, -0.15) is 0 Å². The van der Waals surface area contributed by atoms with E-state index in [0.717, 1.165) is 16.6 Å². The fraction of sp³-hybridized carbons (Fsp3) is 0.250. The lowest BCUT2D eigenvalue weighted by atomic mass is 10.1. The van der Waals surface area contributed by atoms with E-state index in [1.165, 1.54) is 0 Å². The molecule has 3 rings (SSSR count). The number of nitrogens with one attached hydrogen (secondary N) is 3. The number of benzene rings is 2. The zero-order valence-corrected chi connectivity index (χ0v) is 15.3. The third-order valence-corrected chi connectivity index (χ3v) is 4.29. The van der Waals surface area contributed by atoms with E-state index >= 15 is 0 Å². The highest BCUT2D eigenvalue weighted by Crippen LogP contribution is 2.27. The van der Waals surface area contributed by atoms with Crippen molar-refractivity contribution < 1.29 is 9.59 Å². The highest BCUT2D eigenvalue weighted by molar-refractivity contribution is 5.98. The minimum atomic E-state index is -0.638. The summed E-state index contributed by atoms with van der Waals surface area (Å²) in [5.41, 5.74) is 8.94. The third kappa shape index (κ3) is 4.32. The van der Waals surface area contributed by atoms with Crippen molar-refractivity contribution in [3.05, 3.63) is 48.5 Å². The van der Waals surface area contributed by atoms with Gasteiger partial charge in [0.25, 0.3) is 0 Å². The number of H-pyrrole nitrogens is 1. The van der Waals surface area contributed by atoms with Crippen molar-refractivity contribution in [2.24, 2.45) is 11.7 Å². The zero-order chi connectivity index (χ0) is 19.4. The Morgan fingerprint density at radius 3 is 2.56 bits per heavy atom. The van der Waals surface area contributed by atoms with Crippen molar-refractivity contribution >= 4 is 28.5 Å². The standard InChI is InChI=1S/C20H23N5O2/c1-12(2)18(21)20(27)22-11-17(26)23-14-8-4-3-7-13(14)19-24-15-9-5-6-10-16(15)25-19/h3-10,12,18H,11,21H2,1-2H3,(H,22,27)(H,23,26)(H,24,25)/t18-/m0/s1. The van der Waals surface area contributed by atoms with Crippen LogP contribution < -0.4 is 16.4 Å². The fourth-order valence-electron chi connectivity index (χ4n) is 2.66. The summed E-state index contributed by atoms with van der Waals surface area (Å²) in [7, 11) is 0. The second kappa shape index (κ2) is 8.01. The van der Waals surface area contributed by atoms with Crippen molar-refractivity contribution in [2.75, 3.05) is 11.9 Å². The summed E-state index contributed by atoms with van der Waals surface area (Å²) in [6.45, 7) is 3.56. The van der Waals surface area contributed by atoms with Crippen molar-refractivity contribution in [1.82, 2.24) is 15.3 Å². The van der Waals surface area contributed by atoms with E-state index in [2.05, 4.69) is 20.6 Å². The van der Waals surface area contributed by atoms with Crippen LogP contribution in [0.25, 0.3) is 22.4 Å². The van der Waals surface area contributed by atoms with Gasteiger partial charge in [-0.1, -0.05) is 38.1 Å². The Morgan fingerprint density at radius 1 is 1.11 bits per heavy atom. The van der Waals surface area contributed by atoms with Crippen LogP contribution in [0.1, 0.15) is 13.8 Å². The molecular weight excluding hydrogens is 342 g/mol. The van der Waals surface area contributed by atoms with Gasteiger partial charge in [0, 0.05) is 5.56 Å². The molecule has 0 aliphatic carbocycles. The van der Waals surface area contributed by atoms with Gasteiger partial charge in [-0.15, -0.1) is 0 Å². The maximum atomic E-state index is 12.3. The SMILES string of the molecule is CC(C)[C@H](N)C(=O)NCC(=O)Nc1ccccc1-c1nc2ccccc2[nH]1. The minimum Gasteiger partial charge on any atom is -0.346 e. The molecule has 0 fully saturated rings. The van der Waals surface area contributed by atoms with Gasteiger partial charge in [-0.05, 0) is 30.2 Å². The molecule has 1 atom stereocenters. The van der Waals surface area contributed by atoms with Crippen molar-refractivity contribution in [3.63, 3.8) is 0 Å². The molecule has 0 aliphatic heterocycles. The highest BCUT2D eigenvalue weighted by Gasteiger charge is 2.18. The largest absolute Gasteiger partial charge is 0.346 e. The second-order valence-electron chi connectivity index (χ2n) is 6.68. The lowest BCUT2D eigenvalue weighted by molar-refractivity contribution is -0.125. The van der Waals surface area contributed by atoms with Gasteiger partial charge in [-0.3, -0.25) is 9.59 Å². The van der Waals surface area contributed by atoms with Crippen molar-refractivity contribution in [2.45, 2.75) is 19.9 Å². The van der Waals surface area contributed by atoms with Crippen LogP contribution in [-0.2, 0) is 9.59 Å². The fourth-order valence-corrected chi connectivity index (χ4v) is 2.66. The molecule has 2 amide bonds. The van der Waals surface area contributed by atoms with Crippen LogP contribution in [0.3, 0.4) is 0 Å². The summed E-state index contributed by atoms with van der Waals surface area (Å²) in [6, 6.07) is 14.5. The number of hydrogen-bond acceptors (Lipinski definition) is 4. The van der Waals surface area contributed by atoms with Crippen LogP contribution in [0.5, 0.6) is 0 Å². The smallest absolute Gasteiger partial charge is 0.243 e. The number of aromatic amines is 1. The number of imidazole rings is 1. The van der Waals surface area contributed by atoms with Gasteiger partial charge in [0.05, 0.1) is 29.3 Å². The Hall–Kier alpha value is -3.19. The van der Waals surface area contributed by atoms with Crippen LogP contribution in [0.15, 0.2) is 48.5 Å². The number of para-hydroxylation sites is 3. The van der Waals surface area contributed by atoms with Crippen molar-refractivity contribution in [1.29, 1.82) is 0 Å². The predicted octanol–water partition coefficient (Wildman–Crippen LogP) is 2.27. The molecule has 7 heteroatoms. The molecule has 0 saturated carbocycles. The summed E-state index contributed by atoms with van der Waals surface area (Å²) in [5.74, 6) is -0.00609. The molecular formula is C20H23N5O2. The Morgan fingerprint density at radius 2 is 1.81 bits per heavy atom. The summed E-state index contributed by atoms with van der Waals surface area (Å²) in [4.78, 5) is 32.0. The average Bonchev–Trinajstić information content (AvgIpc) is 3.09. The number of hydrogen-bond donors (Lipinski definition) is 4. The molecule has 3 aromatic rings. The first-order chi connectivity index (χ1) is 13.0. The topological polar surface area (TPSA) is 113 Å². The Balaban J connectivity index is 1.72. The van der Waals surface area contributed by atoms with Gasteiger partial charge >= 0.3 is 0 Å². The predicted molar refractivity (Wildman–Crippen MR) is 106 cm³/mol. The number of carbonyl (C=O) groups excluding carboxylic acids is 2. The number of anilines is 1. The summed E-state index contributed by atoms with van der Waals surface area (Å²) >= 11 is 0. The zero-order valence-electron chi connectivity index (χ0n) is 15.3. The third-order valence-electron chi connectivity index (χ3n) is 4.29. The molecule has 0 aliphatic rings. The Kier molecular flexibility index (Phi) is 5.52. The monoisotopic (exact) mass is 365 g/mol. The first-order valence-electron chi connectivity index (χ1n) is 8.83. The van der Waals surface area contributed by atoms with E-state index in [0.29, 0.717) is 11.5 Å². The molecule has 1 aromatic heterocycles. The van der Waals surface area contributed by atoms with Gasteiger partial charge in [0.1, 0.15) is 5.82 Å². The van der Waals surface area contributed by atoms with E-state index in [4.69, 9.17) is 5.73 Å². The van der Waals surface area contributed by atoms with E-state index in [9.17, 15) is 9.59 Å². The maximum Gasteiger partial charge on any atom is 0.243 e. The van der Waals surface area contributed by atoms with Crippen molar-refractivity contribution in [3.8, 4) is 11.4 Å². The Labute approximate surface area is 157 Å². The molecule has 7 nitrogen and oxygen atoms in total. The van der Waals surface area contributed by atoms with Crippen LogP contribution in [0.2, 0.25) is 0 Å². The van der Waals surface area contributed by atoms with E-state index in [1.807, 2.05) is 56.3 Å². The molecule has 140 valence electrons. The number of aromatic nitrogens is 2. The molecule has 0 radical (unpaired) electrons. The lowest BCUT2D eigenvalue weighted by Crippen LogP contribution is -2.46. The van der Waals surface area contributed by atoms with E-state index in [1.54, 1.807) is 6.07 Å². The van der Waals surface area contributed by atoms with E-state index < -0.39 is 6.04 Å². The van der Waals surface area contributed by atoms with Gasteiger partial charge < -0.3 is 21.4 Å². The number of rotatable bonds is 6. The van der Waals surface area contributed by atoms with Gasteiger partial charge in [0.15, 0.2) is 0 Å². The maximum absolute atomic E-state index is 12.3. The number of amides is 2. The first kappa shape index (κ1) is 18.6. The number of nitrogens with two attached hydrogens (primary N) is 1. The molecule has 0 bridgehead atoms. The number of fused-ring (bicyclic) bond motifs is 1.